The highest BCUT2D eigenvalue weighted by Crippen LogP contribution is 2.01. The molecule has 4 heteroatoms. The molecule has 0 aliphatic rings. The fourth-order valence-electron chi connectivity index (χ4n) is 1.04. The Kier molecular flexibility index (Phi) is 4.51. The van der Waals surface area contributed by atoms with Gasteiger partial charge in [0.25, 0.3) is 0 Å². The van der Waals surface area contributed by atoms with E-state index in [0.29, 0.717) is 0 Å². The Bertz CT molecular complexity index is 242. The number of hydrogen-bond donors (Lipinski definition) is 2. The van der Waals surface area contributed by atoms with E-state index in [2.05, 4.69) is 24.0 Å². The number of nitrogens with zero attached hydrogens (tertiary/aromatic N) is 1. The van der Waals surface area contributed by atoms with Crippen LogP contribution < -0.4 is 0 Å². The fourth-order valence-corrected chi connectivity index (χ4v) is 1.04. The third-order valence-electron chi connectivity index (χ3n) is 1.23. The molecule has 13 heavy (non-hydrogen) atoms. The first-order valence-corrected chi connectivity index (χ1v) is 3.75. The van der Waals surface area contributed by atoms with Gasteiger partial charge in [-0.25, -0.2) is 4.79 Å². The van der Waals surface area contributed by atoms with E-state index in [1.807, 2.05) is 13.8 Å². The third kappa shape index (κ3) is 6.80. The molecule has 0 amide bonds. The zero-order valence-electron chi connectivity index (χ0n) is 7.90. The van der Waals surface area contributed by atoms with Gasteiger partial charge in [-0.1, -0.05) is 0 Å². The predicted octanol–water partition coefficient (Wildman–Crippen LogP) is 2.23. The number of carboxylic acid groups (broad SMARTS) is 2. The molecular formula is C9H13NO3. The molecule has 0 saturated carbocycles. The van der Waals surface area contributed by atoms with E-state index in [1.54, 1.807) is 0 Å². The molecule has 0 unspecified atom stereocenters. The van der Waals surface area contributed by atoms with Crippen LogP contribution in [0.1, 0.15) is 17.0 Å². The first-order chi connectivity index (χ1) is 5.91. The highest BCUT2D eigenvalue weighted by molar-refractivity contribution is 5.53. The van der Waals surface area contributed by atoms with Gasteiger partial charge in [0, 0.05) is 11.4 Å². The maximum absolute atomic E-state index is 8.56. The van der Waals surface area contributed by atoms with Gasteiger partial charge in [-0.15, -0.1) is 0 Å². The number of pyridine rings is 1. The summed E-state index contributed by atoms with van der Waals surface area (Å²) in [4.78, 5) is 12.8. The van der Waals surface area contributed by atoms with Crippen LogP contribution in [0.5, 0.6) is 0 Å². The number of hydrogen-bond acceptors (Lipinski definition) is 2. The number of rotatable bonds is 0. The fraction of sp³-hybridized carbons (Fsp3) is 0.333. The van der Waals surface area contributed by atoms with Crippen LogP contribution in [0.4, 0.5) is 4.79 Å². The third-order valence-corrected chi connectivity index (χ3v) is 1.23. The van der Waals surface area contributed by atoms with Crippen molar-refractivity contribution < 1.29 is 15.0 Å². The Morgan fingerprint density at radius 1 is 1.15 bits per heavy atom. The minimum absolute atomic E-state index is 1.10. The molecule has 0 aromatic carbocycles. The summed E-state index contributed by atoms with van der Waals surface area (Å²) in [6, 6.07) is 4.15. The molecule has 0 fully saturated rings. The van der Waals surface area contributed by atoms with E-state index < -0.39 is 6.16 Å². The summed E-state index contributed by atoms with van der Waals surface area (Å²) in [5.41, 5.74) is 3.50. The van der Waals surface area contributed by atoms with Gasteiger partial charge < -0.3 is 10.2 Å². The first kappa shape index (κ1) is 11.4. The Morgan fingerprint density at radius 2 is 1.46 bits per heavy atom. The summed E-state index contributed by atoms with van der Waals surface area (Å²) in [5, 5.41) is 13.9. The van der Waals surface area contributed by atoms with Gasteiger partial charge in [-0.05, 0) is 38.5 Å². The Balaban J connectivity index is 0.000000310. The van der Waals surface area contributed by atoms with Crippen LogP contribution in [0.15, 0.2) is 12.1 Å². The molecule has 72 valence electrons. The molecule has 1 heterocycles. The quantitative estimate of drug-likeness (QED) is 0.647. The lowest BCUT2D eigenvalue weighted by Gasteiger charge is -1.96. The summed E-state index contributed by atoms with van der Waals surface area (Å²) >= 11 is 0. The molecule has 4 nitrogen and oxygen atoms in total. The molecule has 1 aromatic rings. The van der Waals surface area contributed by atoms with E-state index >= 15 is 0 Å². The van der Waals surface area contributed by atoms with Crippen LogP contribution >= 0.6 is 0 Å². The minimum Gasteiger partial charge on any atom is -0.450 e. The van der Waals surface area contributed by atoms with Crippen molar-refractivity contribution in [3.8, 4) is 0 Å². The highest BCUT2D eigenvalue weighted by Gasteiger charge is 1.88. The van der Waals surface area contributed by atoms with E-state index in [-0.39, 0.29) is 0 Å². The molecule has 1 rings (SSSR count). The highest BCUT2D eigenvalue weighted by atomic mass is 16.6. The zero-order valence-corrected chi connectivity index (χ0v) is 7.90. The average molecular weight is 183 g/mol. The predicted molar refractivity (Wildman–Crippen MR) is 49.1 cm³/mol. The molecule has 0 aliphatic heterocycles. The van der Waals surface area contributed by atoms with Crippen LogP contribution in [0.2, 0.25) is 0 Å². The average Bonchev–Trinajstić information content (AvgIpc) is 1.80. The second-order valence-corrected chi connectivity index (χ2v) is 2.71. The van der Waals surface area contributed by atoms with Crippen molar-refractivity contribution in [2.45, 2.75) is 20.8 Å². The van der Waals surface area contributed by atoms with Gasteiger partial charge in [0.2, 0.25) is 0 Å². The monoisotopic (exact) mass is 183 g/mol. The molecule has 0 radical (unpaired) electrons. The molecule has 0 aliphatic carbocycles. The van der Waals surface area contributed by atoms with Crippen molar-refractivity contribution >= 4 is 6.16 Å². The summed E-state index contributed by atoms with van der Waals surface area (Å²) in [5.74, 6) is 0. The van der Waals surface area contributed by atoms with Gasteiger partial charge in [0.1, 0.15) is 0 Å². The molecule has 2 N–H and O–H groups in total. The van der Waals surface area contributed by atoms with Gasteiger partial charge in [-0.3, -0.25) is 4.98 Å². The van der Waals surface area contributed by atoms with Crippen LogP contribution in [0.25, 0.3) is 0 Å². The Labute approximate surface area is 76.9 Å². The van der Waals surface area contributed by atoms with Crippen molar-refractivity contribution in [3.05, 3.63) is 29.1 Å². The lowest BCUT2D eigenvalue weighted by atomic mass is 10.2. The second-order valence-electron chi connectivity index (χ2n) is 2.71. The summed E-state index contributed by atoms with van der Waals surface area (Å²) in [6.45, 7) is 6.11. The first-order valence-electron chi connectivity index (χ1n) is 3.75. The van der Waals surface area contributed by atoms with Crippen molar-refractivity contribution in [3.63, 3.8) is 0 Å². The Hall–Kier alpha value is -1.58. The van der Waals surface area contributed by atoms with Gasteiger partial charge in [-0.2, -0.15) is 0 Å². The SMILES string of the molecule is Cc1cc(C)nc(C)c1.O=C(O)O. The van der Waals surface area contributed by atoms with E-state index in [4.69, 9.17) is 15.0 Å². The summed E-state index contributed by atoms with van der Waals surface area (Å²) in [6.07, 6.45) is -1.83. The number of aromatic nitrogens is 1. The summed E-state index contributed by atoms with van der Waals surface area (Å²) in [7, 11) is 0. The maximum Gasteiger partial charge on any atom is 0.503 e. The van der Waals surface area contributed by atoms with Crippen LogP contribution in [0, 0.1) is 20.8 Å². The number of aryl methyl sites for hydroxylation is 3. The van der Waals surface area contributed by atoms with Crippen molar-refractivity contribution in [2.75, 3.05) is 0 Å². The van der Waals surface area contributed by atoms with Gasteiger partial charge >= 0.3 is 6.16 Å². The minimum atomic E-state index is -1.83. The lowest BCUT2D eigenvalue weighted by Crippen LogP contribution is -1.85. The molecule has 1 aromatic heterocycles. The van der Waals surface area contributed by atoms with Crippen LogP contribution in [-0.2, 0) is 0 Å². The van der Waals surface area contributed by atoms with Crippen LogP contribution in [0.3, 0.4) is 0 Å². The molecule has 0 saturated heterocycles. The standard InChI is InChI=1S/C8H11N.CH2O3/c1-6-4-7(2)9-8(3)5-6;2-1(3)4/h4-5H,1-3H3;(H2,2,3,4). The Morgan fingerprint density at radius 3 is 1.69 bits per heavy atom. The van der Waals surface area contributed by atoms with Crippen LogP contribution in [-0.4, -0.2) is 21.4 Å². The normalized spacial score (nSPS) is 8.54. The summed E-state index contributed by atoms with van der Waals surface area (Å²) < 4.78 is 0. The molecular weight excluding hydrogens is 170 g/mol. The largest absolute Gasteiger partial charge is 0.503 e. The molecule has 0 bridgehead atoms. The van der Waals surface area contributed by atoms with Gasteiger partial charge in [0.15, 0.2) is 0 Å². The number of carbonyl (C=O) groups is 1. The van der Waals surface area contributed by atoms with E-state index in [0.717, 1.165) is 11.4 Å². The van der Waals surface area contributed by atoms with Crippen molar-refractivity contribution in [1.29, 1.82) is 0 Å². The molecule has 0 spiro atoms. The van der Waals surface area contributed by atoms with Crippen molar-refractivity contribution in [1.82, 2.24) is 4.98 Å². The second kappa shape index (κ2) is 5.13. The zero-order chi connectivity index (χ0) is 10.4. The van der Waals surface area contributed by atoms with Gasteiger partial charge in [0.05, 0.1) is 0 Å². The van der Waals surface area contributed by atoms with Crippen molar-refractivity contribution in [2.24, 2.45) is 0 Å². The van der Waals surface area contributed by atoms with E-state index in [9.17, 15) is 0 Å². The van der Waals surface area contributed by atoms with E-state index in [1.165, 1.54) is 5.56 Å². The lowest BCUT2D eigenvalue weighted by molar-refractivity contribution is 0.137. The maximum atomic E-state index is 8.56. The molecule has 0 atom stereocenters. The topological polar surface area (TPSA) is 70.4 Å². The smallest absolute Gasteiger partial charge is 0.450 e.